The molecule has 4 heteroatoms. The van der Waals surface area contributed by atoms with E-state index < -0.39 is 0 Å². The minimum Gasteiger partial charge on any atom is -0.371 e. The molecule has 106 valence electrons. The molecule has 2 heterocycles. The molecule has 0 amide bonds. The van der Waals surface area contributed by atoms with E-state index in [0.717, 1.165) is 26.1 Å². The van der Waals surface area contributed by atoms with Crippen LogP contribution in [-0.2, 0) is 4.74 Å². The predicted molar refractivity (Wildman–Crippen MR) is 74.7 cm³/mol. The Kier molecular flexibility index (Phi) is 5.01. The van der Waals surface area contributed by atoms with Gasteiger partial charge in [0.1, 0.15) is 0 Å². The molecule has 18 heavy (non-hydrogen) atoms. The van der Waals surface area contributed by atoms with Crippen molar-refractivity contribution in [3.63, 3.8) is 0 Å². The first-order valence-electron chi connectivity index (χ1n) is 7.42. The Morgan fingerprint density at radius 3 is 2.39 bits per heavy atom. The fourth-order valence-electron chi connectivity index (χ4n) is 3.00. The van der Waals surface area contributed by atoms with Gasteiger partial charge in [0, 0.05) is 32.7 Å². The summed E-state index contributed by atoms with van der Waals surface area (Å²) in [6.07, 6.45) is 4.00. The van der Waals surface area contributed by atoms with Crippen molar-refractivity contribution in [2.75, 3.05) is 45.8 Å². The Morgan fingerprint density at radius 1 is 1.17 bits per heavy atom. The van der Waals surface area contributed by atoms with Gasteiger partial charge in [-0.1, -0.05) is 0 Å². The van der Waals surface area contributed by atoms with E-state index in [4.69, 9.17) is 10.5 Å². The Labute approximate surface area is 111 Å². The van der Waals surface area contributed by atoms with Crippen molar-refractivity contribution in [1.29, 1.82) is 0 Å². The van der Waals surface area contributed by atoms with Crippen LogP contribution in [0.25, 0.3) is 0 Å². The van der Waals surface area contributed by atoms with Gasteiger partial charge in [-0.05, 0) is 46.2 Å². The third-order valence-electron chi connectivity index (χ3n) is 4.16. The van der Waals surface area contributed by atoms with E-state index in [9.17, 15) is 0 Å². The zero-order valence-corrected chi connectivity index (χ0v) is 12.0. The third-order valence-corrected chi connectivity index (χ3v) is 4.16. The van der Waals surface area contributed by atoms with Crippen molar-refractivity contribution in [2.24, 2.45) is 5.73 Å². The fraction of sp³-hybridized carbons (Fsp3) is 1.00. The van der Waals surface area contributed by atoms with Gasteiger partial charge in [0.15, 0.2) is 0 Å². The minimum atomic E-state index is 0.105. The first-order chi connectivity index (χ1) is 8.59. The Bertz CT molecular complexity index is 249. The smallest absolute Gasteiger partial charge is 0.0710 e. The molecule has 0 saturated carbocycles. The molecule has 0 aromatic rings. The maximum absolute atomic E-state index is 6.07. The number of piperazine rings is 1. The summed E-state index contributed by atoms with van der Waals surface area (Å²) < 4.78 is 6.07. The third kappa shape index (κ3) is 4.19. The Hall–Kier alpha value is -0.160. The molecule has 2 aliphatic heterocycles. The molecule has 0 bridgehead atoms. The molecule has 0 aromatic carbocycles. The molecular weight excluding hydrogens is 226 g/mol. The quantitative estimate of drug-likeness (QED) is 0.793. The molecule has 2 fully saturated rings. The monoisotopic (exact) mass is 255 g/mol. The second kappa shape index (κ2) is 6.33. The van der Waals surface area contributed by atoms with E-state index >= 15 is 0 Å². The van der Waals surface area contributed by atoms with Gasteiger partial charge in [-0.15, -0.1) is 0 Å². The second-order valence-electron chi connectivity index (χ2n) is 6.32. The molecule has 0 aromatic heterocycles. The molecule has 0 aliphatic carbocycles. The summed E-state index contributed by atoms with van der Waals surface area (Å²) in [6, 6.07) is 0. The van der Waals surface area contributed by atoms with E-state index in [0.29, 0.717) is 6.10 Å². The van der Waals surface area contributed by atoms with E-state index in [1.165, 1.54) is 39.0 Å². The second-order valence-corrected chi connectivity index (χ2v) is 6.32. The fourth-order valence-corrected chi connectivity index (χ4v) is 3.00. The lowest BCUT2D eigenvalue weighted by atomic mass is 10.1. The highest BCUT2D eigenvalue weighted by Crippen LogP contribution is 2.29. The topological polar surface area (TPSA) is 41.7 Å². The lowest BCUT2D eigenvalue weighted by Gasteiger charge is -2.36. The predicted octanol–water partition coefficient (Wildman–Crippen LogP) is 0.910. The maximum atomic E-state index is 6.07. The average Bonchev–Trinajstić information content (AvgIpc) is 2.68. The van der Waals surface area contributed by atoms with Gasteiger partial charge in [-0.25, -0.2) is 0 Å². The van der Waals surface area contributed by atoms with Crippen LogP contribution in [0.1, 0.15) is 33.1 Å². The molecule has 1 unspecified atom stereocenters. The molecule has 2 rings (SSSR count). The van der Waals surface area contributed by atoms with Crippen LogP contribution in [0.3, 0.4) is 0 Å². The Balaban J connectivity index is 1.65. The van der Waals surface area contributed by atoms with E-state index in [-0.39, 0.29) is 5.60 Å². The van der Waals surface area contributed by atoms with Crippen molar-refractivity contribution in [2.45, 2.75) is 44.8 Å². The van der Waals surface area contributed by atoms with Gasteiger partial charge in [0.05, 0.1) is 11.7 Å². The molecule has 4 nitrogen and oxygen atoms in total. The molecule has 1 atom stereocenters. The van der Waals surface area contributed by atoms with Gasteiger partial charge < -0.3 is 15.4 Å². The highest BCUT2D eigenvalue weighted by atomic mass is 16.5. The van der Waals surface area contributed by atoms with Crippen molar-refractivity contribution in [1.82, 2.24) is 9.80 Å². The zero-order chi connectivity index (χ0) is 13.0. The summed E-state index contributed by atoms with van der Waals surface area (Å²) >= 11 is 0. The highest BCUT2D eigenvalue weighted by molar-refractivity contribution is 4.84. The molecule has 0 radical (unpaired) electrons. The van der Waals surface area contributed by atoms with E-state index in [1.54, 1.807) is 0 Å². The summed E-state index contributed by atoms with van der Waals surface area (Å²) in [5, 5.41) is 0. The van der Waals surface area contributed by atoms with Gasteiger partial charge >= 0.3 is 0 Å². The average molecular weight is 255 g/mol. The van der Waals surface area contributed by atoms with Crippen LogP contribution in [0.15, 0.2) is 0 Å². The van der Waals surface area contributed by atoms with Crippen LogP contribution in [-0.4, -0.2) is 67.3 Å². The molecule has 0 spiro atoms. The molecule has 2 N–H and O–H groups in total. The van der Waals surface area contributed by atoms with Gasteiger partial charge in [-0.2, -0.15) is 0 Å². The van der Waals surface area contributed by atoms with Crippen LogP contribution in [0.4, 0.5) is 0 Å². The normalized spacial score (nSPS) is 29.8. The first-order valence-corrected chi connectivity index (χ1v) is 7.42. The van der Waals surface area contributed by atoms with Crippen molar-refractivity contribution < 1.29 is 4.74 Å². The number of rotatable bonds is 5. The van der Waals surface area contributed by atoms with Gasteiger partial charge in [0.2, 0.25) is 0 Å². The van der Waals surface area contributed by atoms with Gasteiger partial charge in [-0.3, -0.25) is 4.90 Å². The number of hydrogen-bond donors (Lipinski definition) is 1. The SMILES string of the molecule is CC1(C)CCC(CN2CCN(CCCN)CC2)O1. The van der Waals surface area contributed by atoms with Crippen molar-refractivity contribution >= 4 is 0 Å². The maximum Gasteiger partial charge on any atom is 0.0710 e. The molecule has 2 aliphatic rings. The molecule has 2 saturated heterocycles. The largest absolute Gasteiger partial charge is 0.371 e. The summed E-state index contributed by atoms with van der Waals surface area (Å²) in [5.74, 6) is 0. The summed E-state index contributed by atoms with van der Waals surface area (Å²) in [4.78, 5) is 5.09. The number of ether oxygens (including phenoxy) is 1. The summed E-state index contributed by atoms with van der Waals surface area (Å²) in [6.45, 7) is 12.3. The number of nitrogens with zero attached hydrogens (tertiary/aromatic N) is 2. The zero-order valence-electron chi connectivity index (χ0n) is 12.0. The standard InChI is InChI=1S/C14H29N3O/c1-14(2)5-4-13(18-14)12-17-10-8-16(9-11-17)7-3-6-15/h13H,3-12,15H2,1-2H3. The van der Waals surface area contributed by atoms with E-state index in [1.807, 2.05) is 0 Å². The van der Waals surface area contributed by atoms with Crippen LogP contribution in [0.5, 0.6) is 0 Å². The van der Waals surface area contributed by atoms with Crippen LogP contribution < -0.4 is 5.73 Å². The molecular formula is C14H29N3O. The first kappa shape index (κ1) is 14.3. The van der Waals surface area contributed by atoms with Crippen LogP contribution in [0.2, 0.25) is 0 Å². The number of nitrogens with two attached hydrogens (primary N) is 1. The van der Waals surface area contributed by atoms with Crippen LogP contribution >= 0.6 is 0 Å². The highest BCUT2D eigenvalue weighted by Gasteiger charge is 2.32. The van der Waals surface area contributed by atoms with Gasteiger partial charge in [0.25, 0.3) is 0 Å². The minimum absolute atomic E-state index is 0.105. The number of hydrogen-bond acceptors (Lipinski definition) is 4. The van der Waals surface area contributed by atoms with Crippen molar-refractivity contribution in [3.8, 4) is 0 Å². The summed E-state index contributed by atoms with van der Waals surface area (Å²) in [7, 11) is 0. The van der Waals surface area contributed by atoms with Crippen LogP contribution in [0, 0.1) is 0 Å². The Morgan fingerprint density at radius 2 is 1.83 bits per heavy atom. The van der Waals surface area contributed by atoms with Crippen molar-refractivity contribution in [3.05, 3.63) is 0 Å². The lowest BCUT2D eigenvalue weighted by molar-refractivity contribution is -0.0335. The lowest BCUT2D eigenvalue weighted by Crippen LogP contribution is -2.49. The van der Waals surface area contributed by atoms with E-state index in [2.05, 4.69) is 23.6 Å². The summed E-state index contributed by atoms with van der Waals surface area (Å²) in [5.41, 5.74) is 5.66.